The summed E-state index contributed by atoms with van der Waals surface area (Å²) < 4.78 is 2.82. The van der Waals surface area contributed by atoms with Gasteiger partial charge in [0, 0.05) is 6.54 Å². The van der Waals surface area contributed by atoms with E-state index in [-0.39, 0.29) is 0 Å². The van der Waals surface area contributed by atoms with Gasteiger partial charge in [0.1, 0.15) is 0 Å². The van der Waals surface area contributed by atoms with Gasteiger partial charge in [-0.3, -0.25) is 0 Å². The standard InChI is InChI=1S/C18H24N4S2/c1-2-10-19-17-20-22(18(23)24-17)14-21-11-8-16(9-12-21)13-15-6-4-3-5-7-15/h2-7,16H,1,8-14H2,(H,19,20)/p+1. The highest BCUT2D eigenvalue weighted by molar-refractivity contribution is 7.73. The van der Waals surface area contributed by atoms with Crippen LogP contribution in [0.25, 0.3) is 0 Å². The Kier molecular flexibility index (Phi) is 6.18. The summed E-state index contributed by atoms with van der Waals surface area (Å²) in [4.78, 5) is 1.58. The minimum atomic E-state index is 0.722. The molecule has 3 rings (SSSR count). The van der Waals surface area contributed by atoms with Gasteiger partial charge in [0.25, 0.3) is 0 Å². The summed E-state index contributed by atoms with van der Waals surface area (Å²) in [6, 6.07) is 10.8. The Hall–Kier alpha value is -1.50. The molecule has 0 unspecified atom stereocenters. The third kappa shape index (κ3) is 4.75. The van der Waals surface area contributed by atoms with Crippen LogP contribution in [0.15, 0.2) is 43.0 Å². The Bertz CT molecular complexity index is 699. The summed E-state index contributed by atoms with van der Waals surface area (Å²) in [6.45, 7) is 7.71. The molecule has 0 radical (unpaired) electrons. The van der Waals surface area contributed by atoms with Gasteiger partial charge in [-0.15, -0.1) is 11.7 Å². The lowest BCUT2D eigenvalue weighted by molar-refractivity contribution is -0.929. The molecule has 1 aromatic heterocycles. The van der Waals surface area contributed by atoms with Crippen LogP contribution in [-0.2, 0) is 13.1 Å². The lowest BCUT2D eigenvalue weighted by Gasteiger charge is -2.29. The van der Waals surface area contributed by atoms with Crippen molar-refractivity contribution in [1.82, 2.24) is 9.78 Å². The number of rotatable bonds is 7. The Labute approximate surface area is 152 Å². The SMILES string of the molecule is C=CCNc1nn(C[NH+]2CCC(Cc3ccccc3)CC2)c(=S)s1. The van der Waals surface area contributed by atoms with Crippen LogP contribution in [0.5, 0.6) is 0 Å². The predicted molar refractivity (Wildman–Crippen MR) is 103 cm³/mol. The molecule has 0 amide bonds. The van der Waals surface area contributed by atoms with Gasteiger partial charge in [-0.25, -0.2) is 0 Å². The lowest BCUT2D eigenvalue weighted by atomic mass is 9.90. The first-order valence-electron chi connectivity index (χ1n) is 8.55. The van der Waals surface area contributed by atoms with Gasteiger partial charge in [-0.1, -0.05) is 47.7 Å². The maximum absolute atomic E-state index is 5.44. The molecule has 0 spiro atoms. The third-order valence-corrected chi connectivity index (χ3v) is 5.82. The van der Waals surface area contributed by atoms with Gasteiger partial charge in [0.15, 0.2) is 10.6 Å². The molecule has 2 N–H and O–H groups in total. The molecule has 0 atom stereocenters. The molecule has 6 heteroatoms. The second kappa shape index (κ2) is 8.55. The Balaban J connectivity index is 1.49. The smallest absolute Gasteiger partial charge is 0.205 e. The van der Waals surface area contributed by atoms with Crippen LogP contribution < -0.4 is 10.2 Å². The van der Waals surface area contributed by atoms with Crippen molar-refractivity contribution in [3.8, 4) is 0 Å². The Morgan fingerprint density at radius 1 is 1.33 bits per heavy atom. The Morgan fingerprint density at radius 3 is 2.79 bits per heavy atom. The predicted octanol–water partition coefficient (Wildman–Crippen LogP) is 2.77. The molecule has 1 saturated heterocycles. The number of anilines is 1. The van der Waals surface area contributed by atoms with Gasteiger partial charge in [-0.05, 0) is 43.0 Å². The minimum absolute atomic E-state index is 0.722. The number of aromatic nitrogens is 2. The summed E-state index contributed by atoms with van der Waals surface area (Å²) in [5, 5.41) is 8.69. The van der Waals surface area contributed by atoms with Crippen LogP contribution in [0.1, 0.15) is 18.4 Å². The molecule has 0 bridgehead atoms. The van der Waals surface area contributed by atoms with Crippen molar-refractivity contribution >= 4 is 28.7 Å². The molecule has 1 aliphatic rings. The molecule has 0 saturated carbocycles. The fourth-order valence-corrected chi connectivity index (χ4v) is 4.26. The van der Waals surface area contributed by atoms with Crippen molar-refractivity contribution in [1.29, 1.82) is 0 Å². The average molecular weight is 362 g/mol. The molecule has 24 heavy (non-hydrogen) atoms. The summed E-state index contributed by atoms with van der Waals surface area (Å²) >= 11 is 6.98. The second-order valence-electron chi connectivity index (χ2n) is 6.38. The maximum Gasteiger partial charge on any atom is 0.205 e. The summed E-state index contributed by atoms with van der Waals surface area (Å²) in [5.74, 6) is 0.810. The first kappa shape index (κ1) is 17.3. The van der Waals surface area contributed by atoms with Gasteiger partial charge >= 0.3 is 0 Å². The largest absolute Gasteiger partial charge is 0.357 e. The zero-order valence-corrected chi connectivity index (χ0v) is 15.5. The van der Waals surface area contributed by atoms with E-state index >= 15 is 0 Å². The lowest BCUT2D eigenvalue weighted by Crippen LogP contribution is -3.12. The van der Waals surface area contributed by atoms with E-state index in [0.717, 1.165) is 28.2 Å². The first-order valence-corrected chi connectivity index (χ1v) is 9.77. The minimum Gasteiger partial charge on any atom is -0.357 e. The fraction of sp³-hybridized carbons (Fsp3) is 0.444. The summed E-state index contributed by atoms with van der Waals surface area (Å²) in [7, 11) is 0. The van der Waals surface area contributed by atoms with Gasteiger partial charge in [0.2, 0.25) is 5.13 Å². The van der Waals surface area contributed by atoms with E-state index < -0.39 is 0 Å². The van der Waals surface area contributed by atoms with Gasteiger partial charge in [-0.2, -0.15) is 4.68 Å². The number of benzene rings is 1. The average Bonchev–Trinajstić information content (AvgIpc) is 2.95. The van der Waals surface area contributed by atoms with Crippen LogP contribution in [0.2, 0.25) is 0 Å². The molecule has 2 aromatic rings. The van der Waals surface area contributed by atoms with E-state index in [1.165, 1.54) is 49.3 Å². The van der Waals surface area contributed by atoms with Crippen LogP contribution >= 0.6 is 23.6 Å². The number of hydrogen-bond acceptors (Lipinski definition) is 4. The number of quaternary nitrogens is 1. The van der Waals surface area contributed by atoms with Gasteiger partial charge < -0.3 is 10.2 Å². The zero-order chi connectivity index (χ0) is 16.8. The molecule has 4 nitrogen and oxygen atoms in total. The highest BCUT2D eigenvalue weighted by Gasteiger charge is 2.23. The molecule has 2 heterocycles. The topological polar surface area (TPSA) is 34.3 Å². The van der Waals surface area contributed by atoms with Crippen molar-refractivity contribution in [2.24, 2.45) is 5.92 Å². The highest BCUT2D eigenvalue weighted by Crippen LogP contribution is 2.17. The van der Waals surface area contributed by atoms with Crippen LogP contribution in [0, 0.1) is 9.87 Å². The van der Waals surface area contributed by atoms with Crippen LogP contribution in [0.3, 0.4) is 0 Å². The van der Waals surface area contributed by atoms with Crippen LogP contribution in [0.4, 0.5) is 5.13 Å². The maximum atomic E-state index is 5.44. The third-order valence-electron chi connectivity index (χ3n) is 4.56. The highest BCUT2D eigenvalue weighted by atomic mass is 32.1. The Morgan fingerprint density at radius 2 is 2.08 bits per heavy atom. The van der Waals surface area contributed by atoms with Crippen molar-refractivity contribution in [3.05, 3.63) is 52.5 Å². The molecule has 1 aliphatic heterocycles. The number of piperidine rings is 1. The van der Waals surface area contributed by atoms with E-state index in [1.54, 1.807) is 4.90 Å². The van der Waals surface area contributed by atoms with Crippen molar-refractivity contribution in [2.45, 2.75) is 25.9 Å². The van der Waals surface area contributed by atoms with Crippen molar-refractivity contribution in [3.63, 3.8) is 0 Å². The molecule has 1 fully saturated rings. The monoisotopic (exact) mass is 361 g/mol. The first-order chi connectivity index (χ1) is 11.7. The number of hydrogen-bond donors (Lipinski definition) is 2. The fourth-order valence-electron chi connectivity index (χ4n) is 3.24. The van der Waals surface area contributed by atoms with Crippen molar-refractivity contribution < 1.29 is 4.90 Å². The quantitative estimate of drug-likeness (QED) is 0.588. The summed E-state index contributed by atoms with van der Waals surface area (Å²) in [6.07, 6.45) is 5.60. The number of nitrogens with zero attached hydrogens (tertiary/aromatic N) is 2. The molecular formula is C18H25N4S2+. The molecule has 1 aromatic carbocycles. The van der Waals surface area contributed by atoms with E-state index in [1.807, 2.05) is 10.8 Å². The van der Waals surface area contributed by atoms with Gasteiger partial charge in [0.05, 0.1) is 13.1 Å². The van der Waals surface area contributed by atoms with E-state index in [9.17, 15) is 0 Å². The van der Waals surface area contributed by atoms with Crippen molar-refractivity contribution in [2.75, 3.05) is 25.0 Å². The summed E-state index contributed by atoms with van der Waals surface area (Å²) in [5.41, 5.74) is 1.46. The number of nitrogens with one attached hydrogen (secondary N) is 2. The van der Waals surface area contributed by atoms with E-state index in [4.69, 9.17) is 12.2 Å². The number of likely N-dealkylation sites (tertiary alicyclic amines) is 1. The van der Waals surface area contributed by atoms with Crippen LogP contribution in [-0.4, -0.2) is 29.4 Å². The zero-order valence-electron chi connectivity index (χ0n) is 13.9. The van der Waals surface area contributed by atoms with E-state index in [0.29, 0.717) is 0 Å². The normalized spacial score (nSPS) is 20.7. The molecule has 128 valence electrons. The molecule has 0 aliphatic carbocycles. The second-order valence-corrected chi connectivity index (χ2v) is 8.01. The van der Waals surface area contributed by atoms with E-state index in [2.05, 4.69) is 47.3 Å². The molecular weight excluding hydrogens is 336 g/mol.